The highest BCUT2D eigenvalue weighted by Crippen LogP contribution is 2.31. The third kappa shape index (κ3) is 10.5. The zero-order chi connectivity index (χ0) is 22.1. The van der Waals surface area contributed by atoms with E-state index in [1.807, 2.05) is 0 Å². The summed E-state index contributed by atoms with van der Waals surface area (Å²) in [6.45, 7) is 7.46. The predicted molar refractivity (Wildman–Crippen MR) is 108 cm³/mol. The van der Waals surface area contributed by atoms with Crippen molar-refractivity contribution < 1.29 is 27.4 Å². The Morgan fingerprint density at radius 1 is 1.07 bits per heavy atom. The molecule has 2 N–H and O–H groups in total. The molecule has 166 valence electrons. The molecule has 0 heterocycles. The van der Waals surface area contributed by atoms with Crippen LogP contribution < -0.4 is 10.5 Å². The number of rotatable bonds is 11. The fourth-order valence-corrected chi connectivity index (χ4v) is 2.95. The van der Waals surface area contributed by atoms with Crippen LogP contribution in [-0.2, 0) is 16.0 Å². The number of carbonyl (C=O) groups excluding carboxylic acids is 1. The van der Waals surface area contributed by atoms with Gasteiger partial charge in [0.05, 0.1) is 13.0 Å². The number of ether oxygens (including phenoxy) is 2. The van der Waals surface area contributed by atoms with Gasteiger partial charge in [-0.3, -0.25) is 4.79 Å². The van der Waals surface area contributed by atoms with Gasteiger partial charge in [-0.05, 0) is 44.9 Å². The van der Waals surface area contributed by atoms with Gasteiger partial charge in [0.25, 0.3) is 0 Å². The Morgan fingerprint density at radius 2 is 1.72 bits per heavy atom. The number of unbranched alkanes of at least 4 members (excludes halogenated alkanes) is 4. The first-order valence-corrected chi connectivity index (χ1v) is 10.2. The molecule has 0 saturated carbocycles. The minimum absolute atomic E-state index is 0.297. The summed E-state index contributed by atoms with van der Waals surface area (Å²) in [5.41, 5.74) is 3.30. The summed E-state index contributed by atoms with van der Waals surface area (Å²) in [6.07, 6.45) is -0.855. The molecule has 1 rings (SSSR count). The summed E-state index contributed by atoms with van der Waals surface area (Å²) in [5, 5.41) is 0. The highest BCUT2D eigenvalue weighted by molar-refractivity contribution is 5.81. The molecule has 0 amide bonds. The molecule has 1 aromatic carbocycles. The van der Waals surface area contributed by atoms with Crippen molar-refractivity contribution in [3.8, 4) is 5.75 Å². The first-order chi connectivity index (χ1) is 13.3. The normalized spacial score (nSPS) is 14.3. The van der Waals surface area contributed by atoms with Crippen molar-refractivity contribution in [1.82, 2.24) is 0 Å². The van der Waals surface area contributed by atoms with Crippen LogP contribution in [0.25, 0.3) is 0 Å². The molecule has 0 spiro atoms. The number of carbonyl (C=O) groups is 1. The third-order valence-electron chi connectivity index (χ3n) is 4.26. The summed E-state index contributed by atoms with van der Waals surface area (Å²) in [4.78, 5) is 12.5. The van der Waals surface area contributed by atoms with Crippen molar-refractivity contribution in [2.75, 3.05) is 6.61 Å². The van der Waals surface area contributed by atoms with Crippen LogP contribution in [0.2, 0.25) is 0 Å². The number of benzene rings is 1. The molecule has 0 bridgehead atoms. The fraction of sp³-hybridized carbons (Fsp3) is 0.682. The van der Waals surface area contributed by atoms with Crippen molar-refractivity contribution in [2.24, 2.45) is 5.73 Å². The standard InChI is InChI=1S/C22H34F3NO3/c1-5-6-7-8-9-13-28-18-12-10-11-17(14-18)15-21(26,16-22(23,24)25)19(27)29-20(2,3)4/h10-12,14H,5-9,13,15-16,26H2,1-4H3/t21-/m1/s1. The van der Waals surface area contributed by atoms with Crippen molar-refractivity contribution in [1.29, 1.82) is 0 Å². The highest BCUT2D eigenvalue weighted by atomic mass is 19.4. The second kappa shape index (κ2) is 10.9. The van der Waals surface area contributed by atoms with Gasteiger partial charge in [-0.25, -0.2) is 0 Å². The molecular formula is C22H34F3NO3. The van der Waals surface area contributed by atoms with Gasteiger partial charge in [0.2, 0.25) is 0 Å². The highest BCUT2D eigenvalue weighted by Gasteiger charge is 2.47. The molecule has 0 aliphatic carbocycles. The van der Waals surface area contributed by atoms with Crippen LogP contribution in [0.5, 0.6) is 5.75 Å². The molecule has 29 heavy (non-hydrogen) atoms. The van der Waals surface area contributed by atoms with Crippen LogP contribution >= 0.6 is 0 Å². The Balaban J connectivity index is 2.84. The number of esters is 1. The van der Waals surface area contributed by atoms with E-state index in [-0.39, 0.29) is 6.42 Å². The molecule has 0 aliphatic rings. The van der Waals surface area contributed by atoms with Gasteiger partial charge in [-0.2, -0.15) is 13.2 Å². The summed E-state index contributed by atoms with van der Waals surface area (Å²) < 4.78 is 50.2. The Kier molecular flexibility index (Phi) is 9.46. The molecule has 7 heteroatoms. The van der Waals surface area contributed by atoms with E-state index < -0.39 is 29.7 Å². The number of hydrogen-bond donors (Lipinski definition) is 1. The average molecular weight is 418 g/mol. The van der Waals surface area contributed by atoms with Crippen molar-refractivity contribution in [3.05, 3.63) is 29.8 Å². The number of alkyl halides is 3. The largest absolute Gasteiger partial charge is 0.494 e. The lowest BCUT2D eigenvalue weighted by Crippen LogP contribution is -2.55. The van der Waals surface area contributed by atoms with E-state index in [1.165, 1.54) is 12.8 Å². The molecule has 0 radical (unpaired) electrons. The van der Waals surface area contributed by atoms with Crippen molar-refractivity contribution in [2.45, 2.75) is 90.0 Å². The summed E-state index contributed by atoms with van der Waals surface area (Å²) in [7, 11) is 0. The quantitative estimate of drug-likeness (QED) is 0.378. The van der Waals surface area contributed by atoms with Gasteiger partial charge in [-0.1, -0.05) is 44.7 Å². The topological polar surface area (TPSA) is 61.5 Å². The predicted octanol–water partition coefficient (Wildman–Crippen LogP) is 5.57. The van der Waals surface area contributed by atoms with Gasteiger partial charge >= 0.3 is 12.1 Å². The van der Waals surface area contributed by atoms with Crippen LogP contribution in [-0.4, -0.2) is 29.9 Å². The summed E-state index contributed by atoms with van der Waals surface area (Å²) in [6, 6.07) is 6.70. The lowest BCUT2D eigenvalue weighted by atomic mass is 9.88. The van der Waals surface area contributed by atoms with Crippen molar-refractivity contribution in [3.63, 3.8) is 0 Å². The molecule has 0 aromatic heterocycles. The molecule has 4 nitrogen and oxygen atoms in total. The molecule has 1 atom stereocenters. The van der Waals surface area contributed by atoms with Gasteiger partial charge in [0.15, 0.2) is 0 Å². The fourth-order valence-electron chi connectivity index (χ4n) is 2.95. The first kappa shape index (κ1) is 25.3. The maximum absolute atomic E-state index is 13.1. The van der Waals surface area contributed by atoms with E-state index in [2.05, 4.69) is 6.92 Å². The van der Waals surface area contributed by atoms with Crippen molar-refractivity contribution >= 4 is 5.97 Å². The maximum atomic E-state index is 13.1. The van der Waals surface area contributed by atoms with E-state index in [0.29, 0.717) is 17.9 Å². The monoisotopic (exact) mass is 417 g/mol. The molecular weight excluding hydrogens is 383 g/mol. The molecule has 0 unspecified atom stereocenters. The second-order valence-corrected chi connectivity index (χ2v) is 8.54. The zero-order valence-electron chi connectivity index (χ0n) is 17.9. The first-order valence-electron chi connectivity index (χ1n) is 10.2. The third-order valence-corrected chi connectivity index (χ3v) is 4.26. The second-order valence-electron chi connectivity index (χ2n) is 8.54. The van der Waals surface area contributed by atoms with E-state index in [4.69, 9.17) is 15.2 Å². The lowest BCUT2D eigenvalue weighted by Gasteiger charge is -2.32. The zero-order valence-corrected chi connectivity index (χ0v) is 17.9. The van der Waals surface area contributed by atoms with E-state index in [0.717, 1.165) is 19.3 Å². The van der Waals surface area contributed by atoms with Gasteiger partial charge < -0.3 is 15.2 Å². The Morgan fingerprint density at radius 3 is 2.31 bits per heavy atom. The minimum atomic E-state index is -4.60. The van der Waals surface area contributed by atoms with Crippen LogP contribution in [0, 0.1) is 0 Å². The van der Waals surface area contributed by atoms with Crippen LogP contribution in [0.3, 0.4) is 0 Å². The Hall–Kier alpha value is -1.76. The van der Waals surface area contributed by atoms with Crippen LogP contribution in [0.15, 0.2) is 24.3 Å². The molecule has 0 aliphatic heterocycles. The molecule has 0 saturated heterocycles. The minimum Gasteiger partial charge on any atom is -0.494 e. The van der Waals surface area contributed by atoms with Gasteiger partial charge in [0, 0.05) is 6.42 Å². The number of hydrogen-bond acceptors (Lipinski definition) is 4. The van der Waals surface area contributed by atoms with E-state index in [1.54, 1.807) is 45.0 Å². The Labute approximate surface area is 171 Å². The SMILES string of the molecule is CCCCCCCOc1cccc(C[C@@](N)(CC(F)(F)F)C(=O)OC(C)(C)C)c1. The molecule has 1 aromatic rings. The average Bonchev–Trinajstić information content (AvgIpc) is 2.55. The maximum Gasteiger partial charge on any atom is 0.391 e. The molecule has 0 fully saturated rings. The summed E-state index contributed by atoms with van der Waals surface area (Å²) in [5.74, 6) is -0.513. The summed E-state index contributed by atoms with van der Waals surface area (Å²) >= 11 is 0. The van der Waals surface area contributed by atoms with E-state index >= 15 is 0 Å². The van der Waals surface area contributed by atoms with Gasteiger partial charge in [0.1, 0.15) is 16.9 Å². The van der Waals surface area contributed by atoms with Crippen LogP contribution in [0.1, 0.15) is 71.8 Å². The number of nitrogens with two attached hydrogens (primary N) is 1. The van der Waals surface area contributed by atoms with Gasteiger partial charge in [-0.15, -0.1) is 0 Å². The van der Waals surface area contributed by atoms with E-state index in [9.17, 15) is 18.0 Å². The van der Waals surface area contributed by atoms with Crippen LogP contribution in [0.4, 0.5) is 13.2 Å². The lowest BCUT2D eigenvalue weighted by molar-refractivity contribution is -0.179. The smallest absolute Gasteiger partial charge is 0.391 e. The number of halogens is 3. The Bertz CT molecular complexity index is 641.